The first kappa shape index (κ1) is 19.6. The fourth-order valence-electron chi connectivity index (χ4n) is 3.71. The van der Waals surface area contributed by atoms with Gasteiger partial charge >= 0.3 is 0 Å². The summed E-state index contributed by atoms with van der Waals surface area (Å²) in [5.41, 5.74) is 5.51. The largest absolute Gasteiger partial charge is 0.376 e. The Labute approximate surface area is 165 Å². The smallest absolute Gasteiger partial charge is 0.140 e. The molecule has 3 heteroatoms. The zero-order chi connectivity index (χ0) is 19.7. The van der Waals surface area contributed by atoms with Crippen molar-refractivity contribution in [2.45, 2.75) is 57.5 Å². The lowest BCUT2D eigenvalue weighted by atomic mass is 9.63. The number of benzene rings is 2. The molecule has 2 aromatic rings. The molecule has 0 heterocycles. The van der Waals surface area contributed by atoms with Gasteiger partial charge in [0.2, 0.25) is 0 Å². The van der Waals surface area contributed by atoms with Gasteiger partial charge in [-0.1, -0.05) is 69.9 Å². The van der Waals surface area contributed by atoms with Gasteiger partial charge in [-0.25, -0.2) is 4.21 Å². The van der Waals surface area contributed by atoms with Crippen LogP contribution >= 0.6 is 0 Å². The number of rotatable bonds is 2. The second-order valence-corrected chi connectivity index (χ2v) is 9.01. The highest BCUT2D eigenvalue weighted by Crippen LogP contribution is 2.46. The minimum atomic E-state index is -0.820. The highest BCUT2D eigenvalue weighted by Gasteiger charge is 2.37. The number of hydrogen-bond donors (Lipinski definition) is 1. The molecule has 140 valence electrons. The van der Waals surface area contributed by atoms with E-state index in [1.54, 1.807) is 5.37 Å². The SMILES string of the molecule is CC1(C)CCC(C)(C)c2cc(C(O)C#Cc3ccc(C=S=O)cc3)ccc21. The number of fused-ring (bicyclic) bond motifs is 1. The van der Waals surface area contributed by atoms with Gasteiger partial charge in [0.15, 0.2) is 0 Å². The molecular formula is C24H26O2S. The van der Waals surface area contributed by atoms with E-state index in [0.29, 0.717) is 11.3 Å². The molecule has 0 aromatic heterocycles. The molecule has 0 radical (unpaired) electrons. The van der Waals surface area contributed by atoms with Crippen molar-refractivity contribution in [1.82, 2.24) is 0 Å². The van der Waals surface area contributed by atoms with Gasteiger partial charge < -0.3 is 5.11 Å². The third kappa shape index (κ3) is 4.24. The number of aliphatic hydroxyl groups excluding tert-OH is 1. The number of hydrogen-bond acceptors (Lipinski definition) is 2. The molecule has 0 saturated carbocycles. The Morgan fingerprint density at radius 3 is 2.26 bits per heavy atom. The molecule has 0 spiro atoms. The summed E-state index contributed by atoms with van der Waals surface area (Å²) in [5, 5.41) is 12.1. The molecule has 1 N–H and O–H groups in total. The van der Waals surface area contributed by atoms with Crippen LogP contribution in [0.2, 0.25) is 0 Å². The van der Waals surface area contributed by atoms with E-state index in [1.165, 1.54) is 17.5 Å². The lowest BCUT2D eigenvalue weighted by Gasteiger charge is -2.42. The van der Waals surface area contributed by atoms with E-state index >= 15 is 0 Å². The molecule has 3 rings (SSSR count). The molecule has 0 saturated heterocycles. The molecule has 2 nitrogen and oxygen atoms in total. The van der Waals surface area contributed by atoms with Crippen molar-refractivity contribution in [3.63, 3.8) is 0 Å². The molecule has 0 amide bonds. The summed E-state index contributed by atoms with van der Waals surface area (Å²) in [7, 11) is 0. The fraction of sp³-hybridized carbons (Fsp3) is 0.375. The van der Waals surface area contributed by atoms with Gasteiger partial charge in [0.25, 0.3) is 0 Å². The van der Waals surface area contributed by atoms with Crippen LogP contribution in [0.3, 0.4) is 0 Å². The van der Waals surface area contributed by atoms with Crippen LogP contribution in [0.25, 0.3) is 0 Å². The van der Waals surface area contributed by atoms with E-state index in [4.69, 9.17) is 0 Å². The van der Waals surface area contributed by atoms with Gasteiger partial charge in [-0.2, -0.15) is 0 Å². The molecule has 0 aliphatic heterocycles. The lowest BCUT2D eigenvalue weighted by molar-refractivity contribution is 0.237. The van der Waals surface area contributed by atoms with Gasteiger partial charge in [-0.05, 0) is 58.1 Å². The van der Waals surface area contributed by atoms with Gasteiger partial charge in [-0.15, -0.1) is 0 Å². The van der Waals surface area contributed by atoms with E-state index in [9.17, 15) is 9.32 Å². The summed E-state index contributed by atoms with van der Waals surface area (Å²) in [6, 6.07) is 13.7. The minimum absolute atomic E-state index is 0.111. The normalized spacial score (nSPS) is 17.8. The fourth-order valence-corrected chi connectivity index (χ4v) is 3.98. The van der Waals surface area contributed by atoms with Crippen LogP contribution in [-0.4, -0.2) is 14.7 Å². The zero-order valence-electron chi connectivity index (χ0n) is 16.4. The molecule has 1 atom stereocenters. The van der Waals surface area contributed by atoms with E-state index in [2.05, 4.69) is 51.7 Å². The maximum Gasteiger partial charge on any atom is 0.140 e. The molecule has 1 unspecified atom stereocenters. The summed E-state index contributed by atoms with van der Waals surface area (Å²) in [6.07, 6.45) is 1.50. The molecule has 0 fully saturated rings. The zero-order valence-corrected chi connectivity index (χ0v) is 17.2. The molecule has 27 heavy (non-hydrogen) atoms. The van der Waals surface area contributed by atoms with E-state index in [-0.39, 0.29) is 10.8 Å². The summed E-state index contributed by atoms with van der Waals surface area (Å²) < 4.78 is 10.5. The topological polar surface area (TPSA) is 37.3 Å². The van der Waals surface area contributed by atoms with Crippen molar-refractivity contribution in [1.29, 1.82) is 0 Å². The van der Waals surface area contributed by atoms with Crippen LogP contribution in [-0.2, 0) is 22.1 Å². The van der Waals surface area contributed by atoms with Gasteiger partial charge in [0, 0.05) is 10.9 Å². The van der Waals surface area contributed by atoms with E-state index in [0.717, 1.165) is 23.1 Å². The van der Waals surface area contributed by atoms with Crippen molar-refractivity contribution in [3.05, 3.63) is 70.3 Å². The summed E-state index contributed by atoms with van der Waals surface area (Å²) in [5.74, 6) is 5.98. The van der Waals surface area contributed by atoms with Crippen molar-refractivity contribution < 1.29 is 9.32 Å². The average Bonchev–Trinajstić information content (AvgIpc) is 2.65. The van der Waals surface area contributed by atoms with E-state index < -0.39 is 6.10 Å². The van der Waals surface area contributed by atoms with Crippen LogP contribution in [0, 0.1) is 11.8 Å². The predicted molar refractivity (Wildman–Crippen MR) is 113 cm³/mol. The van der Waals surface area contributed by atoms with Gasteiger partial charge in [0.05, 0.1) is 11.3 Å². The third-order valence-corrected chi connectivity index (χ3v) is 6.01. The Morgan fingerprint density at radius 2 is 1.63 bits per heavy atom. The second-order valence-electron chi connectivity index (χ2n) is 8.58. The molecular weight excluding hydrogens is 352 g/mol. The summed E-state index contributed by atoms with van der Waals surface area (Å²) in [6.45, 7) is 9.15. The quantitative estimate of drug-likeness (QED) is 0.618. The van der Waals surface area contributed by atoms with E-state index in [1.807, 2.05) is 30.3 Å². The Balaban J connectivity index is 1.88. The maximum absolute atomic E-state index is 10.6. The first-order valence-electron chi connectivity index (χ1n) is 9.29. The Morgan fingerprint density at radius 1 is 1.00 bits per heavy atom. The lowest BCUT2D eigenvalue weighted by Crippen LogP contribution is -2.34. The summed E-state index contributed by atoms with van der Waals surface area (Å²) >= 11 is 0.436. The van der Waals surface area contributed by atoms with Gasteiger partial charge in [0.1, 0.15) is 6.10 Å². The molecule has 1 aliphatic rings. The van der Waals surface area contributed by atoms with Crippen molar-refractivity contribution >= 4 is 16.6 Å². The number of aliphatic hydroxyl groups is 1. The highest BCUT2D eigenvalue weighted by atomic mass is 32.1. The Bertz CT molecular complexity index is 952. The maximum atomic E-state index is 10.6. The monoisotopic (exact) mass is 378 g/mol. The van der Waals surface area contributed by atoms with Crippen LogP contribution in [0.15, 0.2) is 42.5 Å². The second kappa shape index (κ2) is 7.46. The Kier molecular flexibility index (Phi) is 5.42. The van der Waals surface area contributed by atoms with Crippen LogP contribution in [0.5, 0.6) is 0 Å². The first-order chi connectivity index (χ1) is 12.7. The first-order valence-corrected chi connectivity index (χ1v) is 10.1. The third-order valence-electron chi connectivity index (χ3n) is 5.64. The summed E-state index contributed by atoms with van der Waals surface area (Å²) in [4.78, 5) is 0. The van der Waals surface area contributed by atoms with Gasteiger partial charge in [-0.3, -0.25) is 0 Å². The van der Waals surface area contributed by atoms with Crippen LogP contribution in [0.1, 0.15) is 74.5 Å². The van der Waals surface area contributed by atoms with Crippen molar-refractivity contribution in [2.75, 3.05) is 0 Å². The molecule has 1 aliphatic carbocycles. The average molecular weight is 379 g/mol. The molecule has 0 bridgehead atoms. The highest BCUT2D eigenvalue weighted by molar-refractivity contribution is 7.65. The minimum Gasteiger partial charge on any atom is -0.376 e. The standard InChI is InChI=1S/C24H26O2S/c1-23(2)13-14-24(3,4)21-15-19(10-11-20(21)23)22(25)12-9-17-5-7-18(8-6-17)16-27-26/h5-8,10-11,15-16,22,25H,13-14H2,1-4H3. The predicted octanol–water partition coefficient (Wildman–Crippen LogP) is 4.48. The van der Waals surface area contributed by atoms with Crippen LogP contribution in [0.4, 0.5) is 0 Å². The van der Waals surface area contributed by atoms with Crippen LogP contribution < -0.4 is 0 Å². The molecule has 2 aromatic carbocycles. The Hall–Kier alpha value is -2.15. The van der Waals surface area contributed by atoms with Crippen molar-refractivity contribution in [3.8, 4) is 11.8 Å². The van der Waals surface area contributed by atoms with Crippen molar-refractivity contribution in [2.24, 2.45) is 0 Å².